The Balaban J connectivity index is 2.80. The van der Waals surface area contributed by atoms with Gasteiger partial charge < -0.3 is 5.11 Å². The molecule has 2 heterocycles. The zero-order valence-electron chi connectivity index (χ0n) is 8.52. The lowest BCUT2D eigenvalue weighted by Gasteiger charge is -2.13. The third kappa shape index (κ3) is 1.28. The summed E-state index contributed by atoms with van der Waals surface area (Å²) in [6, 6.07) is 3.77. The van der Waals surface area contributed by atoms with Gasteiger partial charge in [-0.2, -0.15) is 5.10 Å². The number of nitrogens with zero attached hydrogens (tertiary/aromatic N) is 3. The number of aliphatic hydroxyl groups is 1. The van der Waals surface area contributed by atoms with Crippen LogP contribution in [-0.2, 0) is 12.6 Å². The molecule has 0 bridgehead atoms. The van der Waals surface area contributed by atoms with Gasteiger partial charge in [0.15, 0.2) is 5.65 Å². The highest BCUT2D eigenvalue weighted by molar-refractivity contribution is 5.78. The van der Waals surface area contributed by atoms with E-state index < -0.39 is 5.60 Å². The quantitative estimate of drug-likeness (QED) is 0.736. The fourth-order valence-corrected chi connectivity index (χ4v) is 1.54. The van der Waals surface area contributed by atoms with Crippen molar-refractivity contribution in [2.45, 2.75) is 19.4 Å². The first-order valence-electron chi connectivity index (χ1n) is 4.51. The second-order valence-electron chi connectivity index (χ2n) is 3.91. The smallest absolute Gasteiger partial charge is 0.157 e. The predicted octanol–water partition coefficient (Wildman–Crippen LogP) is 1.20. The van der Waals surface area contributed by atoms with Crippen molar-refractivity contribution in [1.29, 1.82) is 0 Å². The number of hydrogen-bond donors (Lipinski definition) is 1. The van der Waals surface area contributed by atoms with Gasteiger partial charge in [0.1, 0.15) is 11.3 Å². The Morgan fingerprint density at radius 1 is 1.43 bits per heavy atom. The van der Waals surface area contributed by atoms with Crippen LogP contribution in [0.2, 0.25) is 0 Å². The summed E-state index contributed by atoms with van der Waals surface area (Å²) in [5.41, 5.74) is 0.537. The highest BCUT2D eigenvalue weighted by Gasteiger charge is 2.23. The van der Waals surface area contributed by atoms with Gasteiger partial charge in [0.25, 0.3) is 0 Å². The van der Waals surface area contributed by atoms with Crippen LogP contribution in [0.15, 0.2) is 18.3 Å². The number of pyridine rings is 1. The summed E-state index contributed by atoms with van der Waals surface area (Å²) < 4.78 is 1.68. The minimum atomic E-state index is -0.928. The maximum absolute atomic E-state index is 9.90. The molecule has 0 radical (unpaired) electrons. The molecule has 2 rings (SSSR count). The number of aryl methyl sites for hydroxylation is 1. The Labute approximate surface area is 82.2 Å². The minimum Gasteiger partial charge on any atom is -0.384 e. The van der Waals surface area contributed by atoms with E-state index >= 15 is 0 Å². The Kier molecular flexibility index (Phi) is 1.82. The molecule has 0 saturated heterocycles. The van der Waals surface area contributed by atoms with Gasteiger partial charge in [-0.1, -0.05) is 0 Å². The van der Waals surface area contributed by atoms with Crippen molar-refractivity contribution in [2.75, 3.05) is 0 Å². The van der Waals surface area contributed by atoms with E-state index in [0.29, 0.717) is 5.69 Å². The molecule has 1 N–H and O–H groups in total. The molecule has 0 atom stereocenters. The van der Waals surface area contributed by atoms with Crippen LogP contribution >= 0.6 is 0 Å². The van der Waals surface area contributed by atoms with Gasteiger partial charge >= 0.3 is 0 Å². The Morgan fingerprint density at radius 2 is 2.14 bits per heavy atom. The lowest BCUT2D eigenvalue weighted by molar-refractivity contribution is 0.0747. The number of rotatable bonds is 1. The van der Waals surface area contributed by atoms with E-state index in [1.165, 1.54) is 0 Å². The van der Waals surface area contributed by atoms with E-state index in [0.717, 1.165) is 11.0 Å². The van der Waals surface area contributed by atoms with Crippen molar-refractivity contribution >= 4 is 11.0 Å². The zero-order valence-corrected chi connectivity index (χ0v) is 8.52. The van der Waals surface area contributed by atoms with E-state index in [1.807, 2.05) is 19.2 Å². The van der Waals surface area contributed by atoms with E-state index in [9.17, 15) is 5.11 Å². The van der Waals surface area contributed by atoms with E-state index in [4.69, 9.17) is 0 Å². The van der Waals surface area contributed by atoms with Crippen molar-refractivity contribution in [3.05, 3.63) is 24.0 Å². The molecule has 14 heavy (non-hydrogen) atoms. The molecule has 0 aliphatic heterocycles. The third-order valence-corrected chi connectivity index (χ3v) is 2.18. The van der Waals surface area contributed by atoms with Gasteiger partial charge in [0, 0.05) is 18.6 Å². The summed E-state index contributed by atoms with van der Waals surface area (Å²) in [6.07, 6.45) is 1.72. The van der Waals surface area contributed by atoms with Gasteiger partial charge in [-0.15, -0.1) is 0 Å². The lowest BCUT2D eigenvalue weighted by Crippen LogP contribution is -2.16. The summed E-state index contributed by atoms with van der Waals surface area (Å²) in [7, 11) is 1.82. The summed E-state index contributed by atoms with van der Waals surface area (Å²) >= 11 is 0. The van der Waals surface area contributed by atoms with Crippen LogP contribution in [-0.4, -0.2) is 19.9 Å². The molecule has 2 aromatic rings. The van der Waals surface area contributed by atoms with Gasteiger partial charge in [-0.3, -0.25) is 4.68 Å². The zero-order chi connectivity index (χ0) is 10.3. The van der Waals surface area contributed by atoms with E-state index in [-0.39, 0.29) is 0 Å². The fraction of sp³-hybridized carbons (Fsp3) is 0.400. The maximum atomic E-state index is 9.90. The molecule has 0 aromatic carbocycles. The number of fused-ring (bicyclic) bond motifs is 1. The predicted molar refractivity (Wildman–Crippen MR) is 53.8 cm³/mol. The molecular formula is C10H13N3O. The van der Waals surface area contributed by atoms with Crippen molar-refractivity contribution in [2.24, 2.45) is 7.05 Å². The van der Waals surface area contributed by atoms with Crippen LogP contribution in [0.3, 0.4) is 0 Å². The number of hydrogen-bond acceptors (Lipinski definition) is 3. The maximum Gasteiger partial charge on any atom is 0.157 e. The molecule has 2 aromatic heterocycles. The fourth-order valence-electron chi connectivity index (χ4n) is 1.54. The standard InChI is InChI=1S/C10H13N3O/c1-10(2,14)8-7-5-4-6-11-9(7)13(3)12-8/h4-6,14H,1-3H3. The van der Waals surface area contributed by atoms with Crippen LogP contribution in [0, 0.1) is 0 Å². The Hall–Kier alpha value is -1.42. The highest BCUT2D eigenvalue weighted by atomic mass is 16.3. The first kappa shape index (κ1) is 9.15. The molecule has 0 fully saturated rings. The van der Waals surface area contributed by atoms with Gasteiger partial charge in [-0.25, -0.2) is 4.98 Å². The van der Waals surface area contributed by atoms with Crippen molar-refractivity contribution in [1.82, 2.24) is 14.8 Å². The second-order valence-corrected chi connectivity index (χ2v) is 3.91. The molecule has 0 aliphatic carbocycles. The second kappa shape index (κ2) is 2.78. The largest absolute Gasteiger partial charge is 0.384 e. The lowest BCUT2D eigenvalue weighted by atomic mass is 10.0. The number of aromatic nitrogens is 3. The van der Waals surface area contributed by atoms with Crippen LogP contribution in [0.4, 0.5) is 0 Å². The molecule has 4 nitrogen and oxygen atoms in total. The molecule has 74 valence electrons. The highest BCUT2D eigenvalue weighted by Crippen LogP contribution is 2.25. The van der Waals surface area contributed by atoms with Crippen LogP contribution < -0.4 is 0 Å². The summed E-state index contributed by atoms with van der Waals surface area (Å²) in [5, 5.41) is 15.1. The first-order valence-corrected chi connectivity index (χ1v) is 4.51. The van der Waals surface area contributed by atoms with E-state index in [1.54, 1.807) is 24.7 Å². The van der Waals surface area contributed by atoms with Crippen LogP contribution in [0.25, 0.3) is 11.0 Å². The topological polar surface area (TPSA) is 50.9 Å². The molecule has 0 spiro atoms. The molecule has 0 unspecified atom stereocenters. The first-order chi connectivity index (χ1) is 6.50. The molecule has 0 aliphatic rings. The molecular weight excluding hydrogens is 178 g/mol. The SMILES string of the molecule is Cn1nc(C(C)(C)O)c2cccnc21. The van der Waals surface area contributed by atoms with Crippen LogP contribution in [0.5, 0.6) is 0 Å². The summed E-state index contributed by atoms with van der Waals surface area (Å²) in [6.45, 7) is 3.45. The monoisotopic (exact) mass is 191 g/mol. The molecule has 0 amide bonds. The third-order valence-electron chi connectivity index (χ3n) is 2.18. The van der Waals surface area contributed by atoms with E-state index in [2.05, 4.69) is 10.1 Å². The Morgan fingerprint density at radius 3 is 2.79 bits per heavy atom. The van der Waals surface area contributed by atoms with Gasteiger partial charge in [0.05, 0.1) is 0 Å². The van der Waals surface area contributed by atoms with Crippen molar-refractivity contribution in [3.63, 3.8) is 0 Å². The van der Waals surface area contributed by atoms with Gasteiger partial charge in [0.2, 0.25) is 0 Å². The minimum absolute atomic E-state index is 0.670. The van der Waals surface area contributed by atoms with Crippen molar-refractivity contribution < 1.29 is 5.11 Å². The average molecular weight is 191 g/mol. The Bertz CT molecular complexity index is 468. The summed E-state index contributed by atoms with van der Waals surface area (Å²) in [5.74, 6) is 0. The molecule has 4 heteroatoms. The van der Waals surface area contributed by atoms with Crippen molar-refractivity contribution in [3.8, 4) is 0 Å². The van der Waals surface area contributed by atoms with Gasteiger partial charge in [-0.05, 0) is 26.0 Å². The molecule has 0 saturated carbocycles. The average Bonchev–Trinajstić information content (AvgIpc) is 2.44. The normalized spacial score (nSPS) is 12.3. The summed E-state index contributed by atoms with van der Waals surface area (Å²) in [4.78, 5) is 4.20. The van der Waals surface area contributed by atoms with Crippen LogP contribution in [0.1, 0.15) is 19.5 Å².